The average Bonchev–Trinajstić information content (AvgIpc) is 3.26. The van der Waals surface area contributed by atoms with Gasteiger partial charge < -0.3 is 30.1 Å². The summed E-state index contributed by atoms with van der Waals surface area (Å²) >= 11 is 1.47. The van der Waals surface area contributed by atoms with Crippen molar-refractivity contribution < 1.29 is 29.0 Å². The molecule has 0 bridgehead atoms. The molecule has 10 heteroatoms. The number of nitrogens with zero attached hydrogens (tertiary/aromatic N) is 1. The van der Waals surface area contributed by atoms with E-state index in [4.69, 9.17) is 9.47 Å². The largest absolute Gasteiger partial charge is 0.444 e. The number of thioether (sulfide) groups is 1. The summed E-state index contributed by atoms with van der Waals surface area (Å²) in [4.78, 5) is 41.4. The Morgan fingerprint density at radius 2 is 1.80 bits per heavy atom. The highest BCUT2D eigenvalue weighted by Gasteiger charge is 2.49. The zero-order valence-electron chi connectivity index (χ0n) is 23.9. The van der Waals surface area contributed by atoms with E-state index in [0.29, 0.717) is 13.0 Å². The summed E-state index contributed by atoms with van der Waals surface area (Å²) in [5, 5.41) is 17.0. The van der Waals surface area contributed by atoms with Gasteiger partial charge in [0, 0.05) is 18.4 Å². The third kappa shape index (κ3) is 8.22. The minimum Gasteiger partial charge on any atom is -0.444 e. The molecule has 1 aliphatic heterocycles. The van der Waals surface area contributed by atoms with E-state index < -0.39 is 41.0 Å². The molecule has 0 spiro atoms. The van der Waals surface area contributed by atoms with Gasteiger partial charge in [0.25, 0.3) is 5.91 Å². The van der Waals surface area contributed by atoms with Crippen molar-refractivity contribution in [2.45, 2.75) is 76.1 Å². The molecule has 218 valence electrons. The molecule has 3 amide bonds. The third-order valence-electron chi connectivity index (χ3n) is 7.11. The first kappa shape index (κ1) is 31.4. The zero-order valence-corrected chi connectivity index (χ0v) is 24.7. The summed E-state index contributed by atoms with van der Waals surface area (Å²) < 4.78 is 9.98. The lowest BCUT2D eigenvalue weighted by atomic mass is 9.97. The highest BCUT2D eigenvalue weighted by atomic mass is 32.2. The summed E-state index contributed by atoms with van der Waals surface area (Å²) in [6.45, 7) is 8.23. The second kappa shape index (κ2) is 14.5. The van der Waals surface area contributed by atoms with Crippen molar-refractivity contribution in [2.75, 3.05) is 19.6 Å². The molecule has 40 heavy (non-hydrogen) atoms. The number of hydrogen-bond donors (Lipinski definition) is 3. The standard InChI is InChI=1S/C30H41N3O6S/c1-6-23(18-38-5)39-29(37)32-24(16-21-13-8-7-9-14-21)25(34)28(36)33-19-40-30(3,4)26(33)27(35)31-17-22-15-11-10-12-20(22)2/h7-15,23-26,34H,6,16-19H2,1-5H3,(H,31,35)(H,32,37)/t23?,24-,25-,26+/m0/s1. The second-order valence-corrected chi connectivity index (χ2v) is 12.1. The van der Waals surface area contributed by atoms with E-state index in [9.17, 15) is 19.5 Å². The number of ether oxygens (including phenoxy) is 2. The van der Waals surface area contributed by atoms with Crippen molar-refractivity contribution in [3.8, 4) is 0 Å². The van der Waals surface area contributed by atoms with Gasteiger partial charge in [-0.15, -0.1) is 11.8 Å². The number of hydrogen-bond acceptors (Lipinski definition) is 7. The van der Waals surface area contributed by atoms with Crippen LogP contribution in [0.15, 0.2) is 54.6 Å². The fourth-order valence-electron chi connectivity index (χ4n) is 4.71. The number of carbonyl (C=O) groups is 3. The van der Waals surface area contributed by atoms with Gasteiger partial charge in [0.15, 0.2) is 6.10 Å². The first-order valence-corrected chi connectivity index (χ1v) is 14.5. The van der Waals surface area contributed by atoms with E-state index in [1.165, 1.54) is 23.8 Å². The number of aliphatic hydroxyl groups is 1. The SMILES string of the molecule is CCC(COC)OC(=O)N[C@@H](Cc1ccccc1)[C@H](O)C(=O)N1CSC(C)(C)[C@H]1C(=O)NCc1ccccc1C. The van der Waals surface area contributed by atoms with Crippen LogP contribution in [-0.2, 0) is 32.0 Å². The maximum Gasteiger partial charge on any atom is 0.407 e. The number of amides is 3. The Balaban J connectivity index is 1.78. The van der Waals surface area contributed by atoms with Crippen LogP contribution in [0.4, 0.5) is 4.79 Å². The Morgan fingerprint density at radius 1 is 1.12 bits per heavy atom. The zero-order chi connectivity index (χ0) is 29.3. The van der Waals surface area contributed by atoms with Crippen LogP contribution in [0, 0.1) is 6.92 Å². The fourth-order valence-corrected chi connectivity index (χ4v) is 5.85. The number of carbonyl (C=O) groups excluding carboxylic acids is 3. The van der Waals surface area contributed by atoms with Gasteiger partial charge in [-0.2, -0.15) is 0 Å². The lowest BCUT2D eigenvalue weighted by molar-refractivity contribution is -0.147. The molecule has 0 saturated carbocycles. The van der Waals surface area contributed by atoms with Gasteiger partial charge in [0.2, 0.25) is 5.91 Å². The smallest absolute Gasteiger partial charge is 0.407 e. The van der Waals surface area contributed by atoms with Crippen LogP contribution < -0.4 is 10.6 Å². The Morgan fingerprint density at radius 3 is 2.45 bits per heavy atom. The minimum absolute atomic E-state index is 0.193. The fraction of sp³-hybridized carbons (Fsp3) is 0.500. The number of nitrogens with one attached hydrogen (secondary N) is 2. The normalized spacial score (nSPS) is 18.4. The Bertz CT molecular complexity index is 1150. The van der Waals surface area contributed by atoms with E-state index in [-0.39, 0.29) is 24.8 Å². The summed E-state index contributed by atoms with van der Waals surface area (Å²) in [6.07, 6.45) is -2.08. The molecule has 3 N–H and O–H groups in total. The van der Waals surface area contributed by atoms with E-state index >= 15 is 0 Å². The first-order chi connectivity index (χ1) is 19.1. The van der Waals surface area contributed by atoms with Crippen molar-refractivity contribution >= 4 is 29.7 Å². The number of rotatable bonds is 12. The van der Waals surface area contributed by atoms with Gasteiger partial charge in [0.05, 0.1) is 18.5 Å². The topological polar surface area (TPSA) is 117 Å². The van der Waals surface area contributed by atoms with Crippen LogP contribution in [0.5, 0.6) is 0 Å². The Kier molecular flexibility index (Phi) is 11.4. The molecule has 1 saturated heterocycles. The van der Waals surface area contributed by atoms with Gasteiger partial charge in [-0.25, -0.2) is 4.79 Å². The molecule has 2 aromatic rings. The van der Waals surface area contributed by atoms with E-state index in [0.717, 1.165) is 16.7 Å². The predicted molar refractivity (Wildman–Crippen MR) is 156 cm³/mol. The highest BCUT2D eigenvalue weighted by Crippen LogP contribution is 2.40. The lowest BCUT2D eigenvalue weighted by Gasteiger charge is -2.33. The molecule has 4 atom stereocenters. The van der Waals surface area contributed by atoms with Crippen LogP contribution in [0.25, 0.3) is 0 Å². The van der Waals surface area contributed by atoms with Gasteiger partial charge in [-0.05, 0) is 50.3 Å². The van der Waals surface area contributed by atoms with E-state index in [1.807, 2.05) is 82.3 Å². The number of alkyl carbamates (subject to hydrolysis) is 1. The van der Waals surface area contributed by atoms with Crippen LogP contribution in [0.1, 0.15) is 43.9 Å². The molecule has 2 aromatic carbocycles. The average molecular weight is 572 g/mol. The minimum atomic E-state index is -1.60. The maximum absolute atomic E-state index is 13.7. The highest BCUT2D eigenvalue weighted by molar-refractivity contribution is 8.00. The van der Waals surface area contributed by atoms with Crippen molar-refractivity contribution in [1.82, 2.24) is 15.5 Å². The van der Waals surface area contributed by atoms with E-state index in [1.54, 1.807) is 0 Å². The van der Waals surface area contributed by atoms with Crippen LogP contribution in [-0.4, -0.2) is 76.5 Å². The van der Waals surface area contributed by atoms with Crippen molar-refractivity contribution in [3.63, 3.8) is 0 Å². The van der Waals surface area contributed by atoms with Gasteiger partial charge in [-0.3, -0.25) is 9.59 Å². The Hall–Kier alpha value is -3.08. The van der Waals surface area contributed by atoms with Crippen LogP contribution in [0.2, 0.25) is 0 Å². The summed E-state index contributed by atoms with van der Waals surface area (Å²) in [6, 6.07) is 15.3. The van der Waals surface area contributed by atoms with E-state index in [2.05, 4.69) is 10.6 Å². The molecule has 1 heterocycles. The first-order valence-electron chi connectivity index (χ1n) is 13.5. The number of methoxy groups -OCH3 is 1. The molecular formula is C30H41N3O6S. The van der Waals surface area contributed by atoms with Gasteiger partial charge in [0.1, 0.15) is 12.1 Å². The molecule has 1 fully saturated rings. The van der Waals surface area contributed by atoms with Crippen LogP contribution >= 0.6 is 11.8 Å². The Labute approximate surface area is 241 Å². The van der Waals surface area contributed by atoms with Gasteiger partial charge in [-0.1, -0.05) is 61.5 Å². The number of benzene rings is 2. The summed E-state index contributed by atoms with van der Waals surface area (Å²) in [5.41, 5.74) is 2.87. The molecule has 1 aliphatic rings. The third-order valence-corrected chi connectivity index (χ3v) is 8.48. The molecule has 0 aliphatic carbocycles. The predicted octanol–water partition coefficient (Wildman–Crippen LogP) is 3.41. The molecule has 9 nitrogen and oxygen atoms in total. The molecule has 0 radical (unpaired) electrons. The summed E-state index contributed by atoms with van der Waals surface area (Å²) in [7, 11) is 1.52. The molecule has 0 aromatic heterocycles. The number of aryl methyl sites for hydroxylation is 1. The summed E-state index contributed by atoms with van der Waals surface area (Å²) in [5.74, 6) is -0.685. The van der Waals surface area contributed by atoms with Crippen LogP contribution in [0.3, 0.4) is 0 Å². The number of aliphatic hydroxyl groups excluding tert-OH is 1. The van der Waals surface area contributed by atoms with Crippen molar-refractivity contribution in [1.29, 1.82) is 0 Å². The monoisotopic (exact) mass is 571 g/mol. The molecule has 3 rings (SSSR count). The molecular weight excluding hydrogens is 530 g/mol. The quantitative estimate of drug-likeness (QED) is 0.357. The second-order valence-electron chi connectivity index (χ2n) is 10.5. The van der Waals surface area contributed by atoms with Crippen molar-refractivity contribution in [2.24, 2.45) is 0 Å². The molecule has 1 unspecified atom stereocenters. The lowest BCUT2D eigenvalue weighted by Crippen LogP contribution is -2.58. The van der Waals surface area contributed by atoms with Crippen molar-refractivity contribution in [3.05, 3.63) is 71.3 Å². The maximum atomic E-state index is 13.7. The van der Waals surface area contributed by atoms with Gasteiger partial charge >= 0.3 is 6.09 Å².